The van der Waals surface area contributed by atoms with Crippen LogP contribution < -0.4 is 10.6 Å². The van der Waals surface area contributed by atoms with E-state index in [0.717, 1.165) is 37.3 Å². The minimum atomic E-state index is -0.392. The molecule has 0 unspecified atom stereocenters. The van der Waals surface area contributed by atoms with Crippen molar-refractivity contribution in [2.24, 2.45) is 5.92 Å². The van der Waals surface area contributed by atoms with Crippen LogP contribution in [0.4, 0.5) is 5.69 Å². The Morgan fingerprint density at radius 3 is 2.59 bits per heavy atom. The van der Waals surface area contributed by atoms with Gasteiger partial charge in [-0.25, -0.2) is 0 Å². The van der Waals surface area contributed by atoms with Gasteiger partial charge < -0.3 is 10.6 Å². The summed E-state index contributed by atoms with van der Waals surface area (Å²) in [5, 5.41) is 16.6. The van der Waals surface area contributed by atoms with E-state index in [1.807, 2.05) is 0 Å². The van der Waals surface area contributed by atoms with Gasteiger partial charge in [0.1, 0.15) is 0 Å². The van der Waals surface area contributed by atoms with Crippen LogP contribution in [0.3, 0.4) is 0 Å². The van der Waals surface area contributed by atoms with Crippen LogP contribution in [-0.4, -0.2) is 30.5 Å². The topological polar surface area (TPSA) is 84.3 Å². The van der Waals surface area contributed by atoms with Crippen LogP contribution in [0.15, 0.2) is 24.3 Å². The molecule has 1 aliphatic rings. The van der Waals surface area contributed by atoms with Crippen LogP contribution in [0.2, 0.25) is 0 Å². The number of aryl methyl sites for hydroxylation is 1. The number of carbonyl (C=O) groups is 1. The van der Waals surface area contributed by atoms with E-state index in [9.17, 15) is 14.9 Å². The Hall–Kier alpha value is -1.95. The second-order valence-electron chi connectivity index (χ2n) is 5.80. The number of nitrogens with one attached hydrogen (secondary N) is 2. The zero-order valence-corrected chi connectivity index (χ0v) is 12.7. The summed E-state index contributed by atoms with van der Waals surface area (Å²) in [7, 11) is 0. The van der Waals surface area contributed by atoms with E-state index in [1.54, 1.807) is 12.1 Å². The Balaban J connectivity index is 1.50. The van der Waals surface area contributed by atoms with E-state index >= 15 is 0 Å². The lowest BCUT2D eigenvalue weighted by Gasteiger charge is -2.06. The molecule has 6 heteroatoms. The highest BCUT2D eigenvalue weighted by Gasteiger charge is 2.20. The number of nitro groups is 1. The van der Waals surface area contributed by atoms with Gasteiger partial charge in [0.25, 0.3) is 5.69 Å². The Labute approximate surface area is 130 Å². The third-order valence-corrected chi connectivity index (χ3v) is 3.78. The van der Waals surface area contributed by atoms with Gasteiger partial charge in [0.15, 0.2) is 0 Å². The number of non-ortho nitro benzene ring substituents is 1. The maximum atomic E-state index is 11.5. The van der Waals surface area contributed by atoms with Crippen LogP contribution >= 0.6 is 0 Å². The first-order chi connectivity index (χ1) is 10.6. The first kappa shape index (κ1) is 16.4. The van der Waals surface area contributed by atoms with Crippen molar-refractivity contribution in [1.82, 2.24) is 10.6 Å². The first-order valence-electron chi connectivity index (χ1n) is 7.86. The van der Waals surface area contributed by atoms with Gasteiger partial charge >= 0.3 is 0 Å². The van der Waals surface area contributed by atoms with Crippen molar-refractivity contribution in [1.29, 1.82) is 0 Å². The van der Waals surface area contributed by atoms with Crippen LogP contribution in [0.5, 0.6) is 0 Å². The summed E-state index contributed by atoms with van der Waals surface area (Å²) >= 11 is 0. The number of hydrogen-bond donors (Lipinski definition) is 2. The van der Waals surface area contributed by atoms with Crippen molar-refractivity contribution >= 4 is 11.6 Å². The second kappa shape index (κ2) is 8.48. The molecule has 22 heavy (non-hydrogen) atoms. The third kappa shape index (κ3) is 6.22. The molecular formula is C16H23N3O3. The SMILES string of the molecule is O=C(CNCC1CC1)NCCCCc1ccc([N+](=O)[O-])cc1. The number of carbonyl (C=O) groups excluding carboxylic acids is 1. The molecule has 1 aromatic rings. The monoisotopic (exact) mass is 305 g/mol. The molecule has 0 bridgehead atoms. The van der Waals surface area contributed by atoms with E-state index in [0.29, 0.717) is 13.1 Å². The van der Waals surface area contributed by atoms with Crippen molar-refractivity contribution in [2.75, 3.05) is 19.6 Å². The first-order valence-corrected chi connectivity index (χ1v) is 7.86. The van der Waals surface area contributed by atoms with Crippen LogP contribution in [-0.2, 0) is 11.2 Å². The predicted octanol–water partition coefficient (Wildman–Crippen LogP) is 2.03. The van der Waals surface area contributed by atoms with Crippen LogP contribution in [0.1, 0.15) is 31.2 Å². The van der Waals surface area contributed by atoms with E-state index in [1.165, 1.54) is 25.0 Å². The van der Waals surface area contributed by atoms with Crippen LogP contribution in [0, 0.1) is 16.0 Å². The second-order valence-corrected chi connectivity index (χ2v) is 5.80. The normalized spacial score (nSPS) is 13.8. The molecule has 6 nitrogen and oxygen atoms in total. The number of hydrogen-bond acceptors (Lipinski definition) is 4. The zero-order valence-electron chi connectivity index (χ0n) is 12.7. The molecule has 1 fully saturated rings. The Morgan fingerprint density at radius 1 is 1.23 bits per heavy atom. The van der Waals surface area contributed by atoms with Gasteiger partial charge in [0.05, 0.1) is 11.5 Å². The molecule has 1 aromatic carbocycles. The molecule has 0 aliphatic heterocycles. The average molecular weight is 305 g/mol. The van der Waals surface area contributed by atoms with Gasteiger partial charge in [-0.15, -0.1) is 0 Å². The summed E-state index contributed by atoms with van der Waals surface area (Å²) in [6, 6.07) is 6.64. The minimum absolute atomic E-state index is 0.0518. The van der Waals surface area contributed by atoms with Gasteiger partial charge in [-0.2, -0.15) is 0 Å². The maximum absolute atomic E-state index is 11.5. The summed E-state index contributed by atoms with van der Waals surface area (Å²) in [6.45, 7) is 2.03. The average Bonchev–Trinajstić information content (AvgIpc) is 3.31. The molecule has 0 heterocycles. The van der Waals surface area contributed by atoms with Crippen molar-refractivity contribution in [3.63, 3.8) is 0 Å². The van der Waals surface area contributed by atoms with Crippen molar-refractivity contribution in [3.05, 3.63) is 39.9 Å². The highest BCUT2D eigenvalue weighted by Crippen LogP contribution is 2.27. The smallest absolute Gasteiger partial charge is 0.269 e. The van der Waals surface area contributed by atoms with E-state index in [-0.39, 0.29) is 11.6 Å². The minimum Gasteiger partial charge on any atom is -0.355 e. The molecule has 2 rings (SSSR count). The number of amides is 1. The summed E-state index contributed by atoms with van der Waals surface area (Å²) in [6.07, 6.45) is 5.31. The largest absolute Gasteiger partial charge is 0.355 e. The number of nitro benzene ring substituents is 1. The van der Waals surface area contributed by atoms with Gasteiger partial charge in [0, 0.05) is 18.7 Å². The summed E-state index contributed by atoms with van der Waals surface area (Å²) in [5.41, 5.74) is 1.21. The molecule has 1 aliphatic carbocycles. The molecule has 1 saturated carbocycles. The Morgan fingerprint density at radius 2 is 1.95 bits per heavy atom. The number of rotatable bonds is 10. The zero-order chi connectivity index (χ0) is 15.8. The lowest BCUT2D eigenvalue weighted by molar-refractivity contribution is -0.384. The molecular weight excluding hydrogens is 282 g/mol. The molecule has 2 N–H and O–H groups in total. The maximum Gasteiger partial charge on any atom is 0.269 e. The van der Waals surface area contributed by atoms with E-state index in [2.05, 4.69) is 10.6 Å². The predicted molar refractivity (Wildman–Crippen MR) is 84.6 cm³/mol. The molecule has 120 valence electrons. The summed E-state index contributed by atoms with van der Waals surface area (Å²) in [4.78, 5) is 21.7. The van der Waals surface area contributed by atoms with Crippen molar-refractivity contribution < 1.29 is 9.72 Å². The Kier molecular flexibility index (Phi) is 6.33. The molecule has 0 aromatic heterocycles. The standard InChI is InChI=1S/C16H23N3O3/c20-16(12-17-11-14-4-5-14)18-10-2-1-3-13-6-8-15(9-7-13)19(21)22/h6-9,14,17H,1-5,10-12H2,(H,18,20). The fraction of sp³-hybridized carbons (Fsp3) is 0.562. The summed E-state index contributed by atoms with van der Waals surface area (Å²) in [5.74, 6) is 0.838. The van der Waals surface area contributed by atoms with E-state index < -0.39 is 4.92 Å². The number of benzene rings is 1. The molecule has 0 radical (unpaired) electrons. The fourth-order valence-corrected chi connectivity index (χ4v) is 2.24. The highest BCUT2D eigenvalue weighted by molar-refractivity contribution is 5.77. The number of nitrogens with zero attached hydrogens (tertiary/aromatic N) is 1. The molecule has 0 atom stereocenters. The van der Waals surface area contributed by atoms with E-state index in [4.69, 9.17) is 0 Å². The lowest BCUT2D eigenvalue weighted by atomic mass is 10.1. The number of unbranched alkanes of at least 4 members (excludes halogenated alkanes) is 1. The lowest BCUT2D eigenvalue weighted by Crippen LogP contribution is -2.35. The van der Waals surface area contributed by atoms with Gasteiger partial charge in [-0.1, -0.05) is 12.1 Å². The van der Waals surface area contributed by atoms with Gasteiger partial charge in [-0.3, -0.25) is 14.9 Å². The molecule has 0 saturated heterocycles. The highest BCUT2D eigenvalue weighted by atomic mass is 16.6. The Bertz CT molecular complexity index is 498. The molecule has 0 spiro atoms. The summed E-state index contributed by atoms with van der Waals surface area (Å²) < 4.78 is 0. The quantitative estimate of drug-likeness (QED) is 0.393. The third-order valence-electron chi connectivity index (χ3n) is 3.78. The fourth-order valence-electron chi connectivity index (χ4n) is 2.24. The van der Waals surface area contributed by atoms with Crippen LogP contribution in [0.25, 0.3) is 0 Å². The van der Waals surface area contributed by atoms with Gasteiger partial charge in [0.2, 0.25) is 5.91 Å². The van der Waals surface area contributed by atoms with Crippen molar-refractivity contribution in [2.45, 2.75) is 32.1 Å². The molecule has 1 amide bonds. The van der Waals surface area contributed by atoms with Gasteiger partial charge in [-0.05, 0) is 50.1 Å². The van der Waals surface area contributed by atoms with Crippen molar-refractivity contribution in [3.8, 4) is 0 Å².